The maximum atomic E-state index is 13.9. The van der Waals surface area contributed by atoms with Crippen molar-refractivity contribution in [3.05, 3.63) is 54.1 Å². The van der Waals surface area contributed by atoms with E-state index < -0.39 is 0 Å². The van der Waals surface area contributed by atoms with Crippen LogP contribution in [0, 0.1) is 5.82 Å². The fourth-order valence-corrected chi connectivity index (χ4v) is 2.12. The zero-order valence-electron chi connectivity index (χ0n) is 12.1. The van der Waals surface area contributed by atoms with Crippen LogP contribution in [0.15, 0.2) is 42.6 Å². The molecule has 1 unspecified atom stereocenters. The smallest absolute Gasteiger partial charge is 0.146 e. The Hall–Kier alpha value is -1.94. The third-order valence-electron chi connectivity index (χ3n) is 3.42. The molecule has 106 valence electrons. The van der Waals surface area contributed by atoms with Crippen molar-refractivity contribution in [3.63, 3.8) is 0 Å². The van der Waals surface area contributed by atoms with Crippen LogP contribution in [0.1, 0.15) is 25.6 Å². The standard InChI is InChI=1S/C16H20FN3/c1-4-20(16-8-6-5-7-14(16)17)13-9-10-15(19-11-13)12(2)18-3/h5-12,18H,4H2,1-3H3. The molecule has 20 heavy (non-hydrogen) atoms. The Labute approximate surface area is 119 Å². The number of rotatable bonds is 5. The summed E-state index contributed by atoms with van der Waals surface area (Å²) in [6.45, 7) is 4.73. The summed E-state index contributed by atoms with van der Waals surface area (Å²) in [5.74, 6) is -0.220. The van der Waals surface area contributed by atoms with E-state index in [1.807, 2.05) is 37.1 Å². The van der Waals surface area contributed by atoms with Crippen molar-refractivity contribution in [1.29, 1.82) is 0 Å². The van der Waals surface area contributed by atoms with Crippen LogP contribution in [0.4, 0.5) is 15.8 Å². The molecule has 0 amide bonds. The Kier molecular flexibility index (Phi) is 4.69. The van der Waals surface area contributed by atoms with Crippen LogP contribution >= 0.6 is 0 Å². The molecule has 0 aliphatic carbocycles. The van der Waals surface area contributed by atoms with Crippen LogP contribution < -0.4 is 10.2 Å². The van der Waals surface area contributed by atoms with Gasteiger partial charge >= 0.3 is 0 Å². The van der Waals surface area contributed by atoms with Gasteiger partial charge in [0.2, 0.25) is 0 Å². The van der Waals surface area contributed by atoms with Gasteiger partial charge in [0.1, 0.15) is 5.82 Å². The zero-order chi connectivity index (χ0) is 14.5. The van der Waals surface area contributed by atoms with Crippen molar-refractivity contribution in [2.24, 2.45) is 0 Å². The molecule has 1 aromatic carbocycles. The first-order valence-electron chi connectivity index (χ1n) is 6.82. The number of benzene rings is 1. The predicted molar refractivity (Wildman–Crippen MR) is 80.8 cm³/mol. The summed E-state index contributed by atoms with van der Waals surface area (Å²) < 4.78 is 13.9. The van der Waals surface area contributed by atoms with E-state index >= 15 is 0 Å². The van der Waals surface area contributed by atoms with Crippen LogP contribution in [-0.4, -0.2) is 18.6 Å². The summed E-state index contributed by atoms with van der Waals surface area (Å²) in [6.07, 6.45) is 1.79. The lowest BCUT2D eigenvalue weighted by Crippen LogP contribution is -2.18. The van der Waals surface area contributed by atoms with Crippen molar-refractivity contribution >= 4 is 11.4 Å². The highest BCUT2D eigenvalue weighted by Crippen LogP contribution is 2.27. The normalized spacial score (nSPS) is 12.2. The van der Waals surface area contributed by atoms with Gasteiger partial charge in [-0.05, 0) is 45.2 Å². The van der Waals surface area contributed by atoms with Crippen LogP contribution in [0.2, 0.25) is 0 Å². The summed E-state index contributed by atoms with van der Waals surface area (Å²) >= 11 is 0. The van der Waals surface area contributed by atoms with E-state index in [1.54, 1.807) is 18.3 Å². The van der Waals surface area contributed by atoms with E-state index in [-0.39, 0.29) is 11.9 Å². The van der Waals surface area contributed by atoms with E-state index in [1.165, 1.54) is 6.07 Å². The minimum absolute atomic E-state index is 0.201. The number of nitrogens with one attached hydrogen (secondary N) is 1. The fourth-order valence-electron chi connectivity index (χ4n) is 2.12. The molecule has 1 aromatic heterocycles. The SMILES string of the molecule is CCN(c1ccc(C(C)NC)nc1)c1ccccc1F. The van der Waals surface area contributed by atoms with Crippen molar-refractivity contribution < 1.29 is 4.39 Å². The number of pyridine rings is 1. The fraction of sp³-hybridized carbons (Fsp3) is 0.312. The first-order chi connectivity index (χ1) is 9.67. The second-order valence-corrected chi connectivity index (χ2v) is 4.65. The van der Waals surface area contributed by atoms with E-state index in [9.17, 15) is 4.39 Å². The Balaban J connectivity index is 2.31. The van der Waals surface area contributed by atoms with Crippen molar-refractivity contribution in [3.8, 4) is 0 Å². The topological polar surface area (TPSA) is 28.2 Å². The highest BCUT2D eigenvalue weighted by atomic mass is 19.1. The third-order valence-corrected chi connectivity index (χ3v) is 3.42. The first kappa shape index (κ1) is 14.5. The molecular formula is C16H20FN3. The average molecular weight is 273 g/mol. The van der Waals surface area contributed by atoms with E-state index in [0.717, 1.165) is 11.4 Å². The lowest BCUT2D eigenvalue weighted by atomic mass is 10.2. The molecule has 0 aliphatic rings. The number of anilines is 2. The predicted octanol–water partition coefficient (Wildman–Crippen LogP) is 3.66. The van der Waals surface area contributed by atoms with Crippen LogP contribution in [0.3, 0.4) is 0 Å². The summed E-state index contributed by atoms with van der Waals surface area (Å²) in [5, 5.41) is 3.15. The summed E-state index contributed by atoms with van der Waals surface area (Å²) in [4.78, 5) is 6.36. The number of halogens is 1. The zero-order valence-corrected chi connectivity index (χ0v) is 12.1. The average Bonchev–Trinajstić information content (AvgIpc) is 2.50. The van der Waals surface area contributed by atoms with Crippen molar-refractivity contribution in [2.45, 2.75) is 19.9 Å². The molecule has 1 N–H and O–H groups in total. The lowest BCUT2D eigenvalue weighted by Gasteiger charge is -2.23. The summed E-state index contributed by atoms with van der Waals surface area (Å²) in [7, 11) is 1.90. The molecule has 0 aliphatic heterocycles. The van der Waals surface area contributed by atoms with Gasteiger partial charge in [0.05, 0.1) is 23.3 Å². The van der Waals surface area contributed by atoms with Crippen molar-refractivity contribution in [2.75, 3.05) is 18.5 Å². The molecule has 2 aromatic rings. The Morgan fingerprint density at radius 1 is 1.25 bits per heavy atom. The molecule has 2 rings (SSSR count). The Bertz CT molecular complexity index is 554. The van der Waals surface area contributed by atoms with E-state index in [0.29, 0.717) is 12.2 Å². The molecule has 1 atom stereocenters. The second-order valence-electron chi connectivity index (χ2n) is 4.65. The molecule has 3 nitrogen and oxygen atoms in total. The van der Waals surface area contributed by atoms with Crippen LogP contribution in [0.5, 0.6) is 0 Å². The molecule has 0 radical (unpaired) electrons. The molecule has 0 bridgehead atoms. The number of hydrogen-bond acceptors (Lipinski definition) is 3. The highest BCUT2D eigenvalue weighted by Gasteiger charge is 2.12. The van der Waals surface area contributed by atoms with Gasteiger partial charge in [-0.2, -0.15) is 0 Å². The van der Waals surface area contributed by atoms with Gasteiger partial charge in [-0.15, -0.1) is 0 Å². The Morgan fingerprint density at radius 3 is 2.55 bits per heavy atom. The second kappa shape index (κ2) is 6.48. The molecule has 1 heterocycles. The van der Waals surface area contributed by atoms with Gasteiger partial charge in [0.25, 0.3) is 0 Å². The van der Waals surface area contributed by atoms with Gasteiger partial charge in [-0.25, -0.2) is 4.39 Å². The van der Waals surface area contributed by atoms with E-state index in [4.69, 9.17) is 0 Å². The number of aromatic nitrogens is 1. The number of nitrogens with zero attached hydrogens (tertiary/aromatic N) is 2. The quantitative estimate of drug-likeness (QED) is 0.901. The monoisotopic (exact) mass is 273 g/mol. The maximum Gasteiger partial charge on any atom is 0.146 e. The first-order valence-corrected chi connectivity index (χ1v) is 6.82. The van der Waals surface area contributed by atoms with Gasteiger partial charge in [-0.3, -0.25) is 4.98 Å². The van der Waals surface area contributed by atoms with Gasteiger partial charge < -0.3 is 10.2 Å². The van der Waals surface area contributed by atoms with Gasteiger partial charge in [0, 0.05) is 12.6 Å². The van der Waals surface area contributed by atoms with Gasteiger partial charge in [0.15, 0.2) is 0 Å². The minimum Gasteiger partial charge on any atom is -0.338 e. The summed E-state index contributed by atoms with van der Waals surface area (Å²) in [6, 6.07) is 10.9. The lowest BCUT2D eigenvalue weighted by molar-refractivity contribution is 0.624. The number of para-hydroxylation sites is 1. The van der Waals surface area contributed by atoms with E-state index in [2.05, 4.69) is 17.2 Å². The number of hydrogen-bond donors (Lipinski definition) is 1. The molecule has 0 spiro atoms. The Morgan fingerprint density at radius 2 is 2.00 bits per heavy atom. The van der Waals surface area contributed by atoms with Crippen LogP contribution in [0.25, 0.3) is 0 Å². The highest BCUT2D eigenvalue weighted by molar-refractivity contribution is 5.62. The minimum atomic E-state index is -0.220. The third kappa shape index (κ3) is 2.96. The maximum absolute atomic E-state index is 13.9. The molecule has 0 saturated carbocycles. The molecule has 4 heteroatoms. The molecule has 0 fully saturated rings. The summed E-state index contributed by atoms with van der Waals surface area (Å²) in [5.41, 5.74) is 2.44. The van der Waals surface area contributed by atoms with Crippen molar-refractivity contribution in [1.82, 2.24) is 10.3 Å². The van der Waals surface area contributed by atoms with Crippen LogP contribution in [-0.2, 0) is 0 Å². The molecule has 0 saturated heterocycles. The molecular weight excluding hydrogens is 253 g/mol. The largest absolute Gasteiger partial charge is 0.338 e. The van der Waals surface area contributed by atoms with Gasteiger partial charge in [-0.1, -0.05) is 12.1 Å².